The van der Waals surface area contributed by atoms with Crippen molar-refractivity contribution < 1.29 is 17.4 Å². The Hall–Kier alpha value is -1.22. The summed E-state index contributed by atoms with van der Waals surface area (Å²) in [6.45, 7) is 6.41. The molecule has 0 saturated carbocycles. The number of anilines is 1. The van der Waals surface area contributed by atoms with Crippen molar-refractivity contribution in [3.63, 3.8) is 0 Å². The van der Waals surface area contributed by atoms with E-state index in [9.17, 15) is 17.4 Å². The first-order chi connectivity index (χ1) is 12.8. The van der Waals surface area contributed by atoms with Gasteiger partial charge in [-0.2, -0.15) is 13.2 Å². The Morgan fingerprint density at radius 2 is 1.82 bits per heavy atom. The highest BCUT2D eigenvalue weighted by atomic mass is 35.5. The van der Waals surface area contributed by atoms with E-state index in [1.54, 1.807) is 24.5 Å². The third kappa shape index (κ3) is 3.67. The minimum absolute atomic E-state index is 0.0528. The highest BCUT2D eigenvalue weighted by Gasteiger charge is 2.40. The lowest BCUT2D eigenvalue weighted by atomic mass is 9.97. The fraction of sp³-hybridized carbons (Fsp3) is 0.368. The summed E-state index contributed by atoms with van der Waals surface area (Å²) in [5.41, 5.74) is -0.0299. The van der Waals surface area contributed by atoms with Crippen LogP contribution in [0.1, 0.15) is 31.9 Å². The van der Waals surface area contributed by atoms with Crippen molar-refractivity contribution >= 4 is 40.2 Å². The standard InChI is InChI=1S/C19H22ClF3N2OS2/c1-18(2,3)25-10-12-6-5-11(7-16(12)28(25,4)26)17-14(19(21,22)23)8-13(24-27)9-15(17)20/h5-9,24,27-28H,10H2,1-4H3. The van der Waals surface area contributed by atoms with Crippen molar-refractivity contribution in [1.29, 1.82) is 0 Å². The van der Waals surface area contributed by atoms with Crippen LogP contribution >= 0.6 is 24.4 Å². The first kappa shape index (κ1) is 21.5. The maximum absolute atomic E-state index is 13.7. The van der Waals surface area contributed by atoms with Crippen LogP contribution in [0.5, 0.6) is 0 Å². The van der Waals surface area contributed by atoms with Crippen molar-refractivity contribution in [3.8, 4) is 11.1 Å². The van der Waals surface area contributed by atoms with Crippen LogP contribution in [0.2, 0.25) is 5.02 Å². The Morgan fingerprint density at radius 3 is 2.36 bits per heavy atom. The van der Waals surface area contributed by atoms with Crippen LogP contribution in [-0.2, 0) is 22.8 Å². The zero-order valence-electron chi connectivity index (χ0n) is 15.9. The molecule has 28 heavy (non-hydrogen) atoms. The molecule has 0 saturated heterocycles. The number of alkyl halides is 3. The summed E-state index contributed by atoms with van der Waals surface area (Å²) in [6, 6.07) is 7.29. The van der Waals surface area contributed by atoms with Crippen LogP contribution < -0.4 is 4.72 Å². The van der Waals surface area contributed by atoms with E-state index in [1.807, 2.05) is 25.1 Å². The van der Waals surface area contributed by atoms with Gasteiger partial charge in [0, 0.05) is 34.5 Å². The monoisotopic (exact) mass is 450 g/mol. The predicted octanol–water partition coefficient (Wildman–Crippen LogP) is 5.82. The quantitative estimate of drug-likeness (QED) is 0.504. The summed E-state index contributed by atoms with van der Waals surface area (Å²) in [5, 5.41) is -0.0528. The highest BCUT2D eigenvalue weighted by molar-refractivity contribution is 8.00. The molecule has 3 rings (SSSR count). The smallest absolute Gasteiger partial charge is 0.332 e. The molecule has 0 unspecified atom stereocenters. The van der Waals surface area contributed by atoms with Gasteiger partial charge in [0.05, 0.1) is 10.6 Å². The molecule has 154 valence electrons. The van der Waals surface area contributed by atoms with Crippen LogP contribution in [0.15, 0.2) is 35.2 Å². The van der Waals surface area contributed by atoms with Gasteiger partial charge in [0.15, 0.2) is 0 Å². The summed E-state index contributed by atoms with van der Waals surface area (Å²) in [5.74, 6) is 0. The van der Waals surface area contributed by atoms with E-state index in [1.165, 1.54) is 6.07 Å². The third-order valence-corrected chi connectivity index (χ3v) is 8.43. The Balaban J connectivity index is 2.21. The molecule has 1 aliphatic heterocycles. The Labute approximate surface area is 174 Å². The fourth-order valence-electron chi connectivity index (χ4n) is 3.66. The number of rotatable bonds is 2. The van der Waals surface area contributed by atoms with E-state index in [2.05, 4.69) is 17.5 Å². The van der Waals surface area contributed by atoms with Gasteiger partial charge in [-0.05, 0) is 60.2 Å². The minimum atomic E-state index is -4.61. The molecule has 0 bridgehead atoms. The van der Waals surface area contributed by atoms with Crippen molar-refractivity contribution in [3.05, 3.63) is 46.5 Å². The maximum Gasteiger partial charge on any atom is 0.417 e. The number of fused-ring (bicyclic) bond motifs is 1. The van der Waals surface area contributed by atoms with Crippen molar-refractivity contribution in [2.24, 2.45) is 0 Å². The number of nitrogens with zero attached hydrogens (tertiary/aromatic N) is 1. The lowest BCUT2D eigenvalue weighted by Crippen LogP contribution is -2.44. The van der Waals surface area contributed by atoms with Crippen LogP contribution in [0.4, 0.5) is 18.9 Å². The lowest BCUT2D eigenvalue weighted by Gasteiger charge is -2.38. The topological polar surface area (TPSA) is 32.3 Å². The normalized spacial score (nSPS) is 18.0. The summed E-state index contributed by atoms with van der Waals surface area (Å²) in [4.78, 5) is 0.584. The van der Waals surface area contributed by atoms with E-state index in [0.717, 1.165) is 11.6 Å². The van der Waals surface area contributed by atoms with Gasteiger partial charge in [-0.15, -0.1) is 0 Å². The summed E-state index contributed by atoms with van der Waals surface area (Å²) in [6.07, 6.45) is -2.94. The number of halogens is 4. The lowest BCUT2D eigenvalue weighted by molar-refractivity contribution is -0.137. The van der Waals surface area contributed by atoms with E-state index >= 15 is 0 Å². The second kappa shape index (κ2) is 6.93. The maximum atomic E-state index is 13.7. The second-order valence-electron chi connectivity index (χ2n) is 7.94. The molecular weight excluding hydrogens is 429 g/mol. The van der Waals surface area contributed by atoms with Gasteiger partial charge in [0.1, 0.15) is 0 Å². The SMILES string of the molecule is CC(C)(C)N1Cc2ccc(-c3c(Cl)cc(NS)cc3C(F)(F)F)cc2[SH]1(C)=O. The van der Waals surface area contributed by atoms with Crippen molar-refractivity contribution in [1.82, 2.24) is 4.31 Å². The molecule has 2 aromatic rings. The summed E-state index contributed by atoms with van der Waals surface area (Å²) in [7, 11) is -2.91. The Kier molecular flexibility index (Phi) is 5.32. The molecular formula is C19H22ClF3N2OS2. The predicted molar refractivity (Wildman–Crippen MR) is 114 cm³/mol. The number of hydrogen-bond donors (Lipinski definition) is 3. The van der Waals surface area contributed by atoms with Crippen LogP contribution in [0, 0.1) is 0 Å². The van der Waals surface area contributed by atoms with Crippen molar-refractivity contribution in [2.75, 3.05) is 11.0 Å². The third-order valence-electron chi connectivity index (χ3n) is 4.90. The van der Waals surface area contributed by atoms with Crippen molar-refractivity contribution in [2.45, 2.75) is 43.9 Å². The van der Waals surface area contributed by atoms with Gasteiger partial charge in [-0.1, -0.05) is 36.5 Å². The molecule has 1 N–H and O–H groups in total. The largest absolute Gasteiger partial charge is 0.417 e. The van der Waals surface area contributed by atoms with Gasteiger partial charge in [-0.3, -0.25) is 4.21 Å². The number of nitrogens with one attached hydrogen (secondary N) is 1. The molecule has 0 radical (unpaired) electrons. The second-order valence-corrected chi connectivity index (χ2v) is 11.3. The first-order valence-electron chi connectivity index (χ1n) is 8.57. The zero-order valence-corrected chi connectivity index (χ0v) is 18.4. The molecule has 0 amide bonds. The van der Waals surface area contributed by atoms with E-state index in [-0.39, 0.29) is 21.8 Å². The molecule has 1 aliphatic rings. The Bertz CT molecular complexity index is 986. The average Bonchev–Trinajstić information content (AvgIpc) is 2.84. The first-order valence-corrected chi connectivity index (χ1v) is 11.5. The molecule has 9 heteroatoms. The van der Waals surface area contributed by atoms with E-state index in [0.29, 0.717) is 17.0 Å². The van der Waals surface area contributed by atoms with Gasteiger partial charge >= 0.3 is 6.18 Å². The molecule has 0 spiro atoms. The molecule has 0 fully saturated rings. The van der Waals surface area contributed by atoms with Crippen LogP contribution in [0.3, 0.4) is 0 Å². The fourth-order valence-corrected chi connectivity index (χ4v) is 7.01. The summed E-state index contributed by atoms with van der Waals surface area (Å²) >= 11 is 10.0. The number of thiol groups is 2. The average molecular weight is 451 g/mol. The highest BCUT2D eigenvalue weighted by Crippen LogP contribution is 2.46. The Morgan fingerprint density at radius 1 is 1.18 bits per heavy atom. The molecule has 2 aromatic carbocycles. The summed E-state index contributed by atoms with van der Waals surface area (Å²) < 4.78 is 58.9. The molecule has 3 nitrogen and oxygen atoms in total. The molecule has 0 atom stereocenters. The van der Waals surface area contributed by atoms with Crippen LogP contribution in [0.25, 0.3) is 11.1 Å². The van der Waals surface area contributed by atoms with E-state index < -0.39 is 21.9 Å². The number of hydrogen-bond acceptors (Lipinski definition) is 3. The zero-order chi connectivity index (χ0) is 21.1. The molecule has 0 aliphatic carbocycles. The molecule has 0 aromatic heterocycles. The van der Waals surface area contributed by atoms with E-state index in [4.69, 9.17) is 11.6 Å². The van der Waals surface area contributed by atoms with Crippen LogP contribution in [-0.4, -0.2) is 20.3 Å². The minimum Gasteiger partial charge on any atom is -0.332 e. The van der Waals surface area contributed by atoms with Gasteiger partial charge in [0.25, 0.3) is 0 Å². The number of benzene rings is 2. The van der Waals surface area contributed by atoms with Gasteiger partial charge in [0.2, 0.25) is 0 Å². The van der Waals surface area contributed by atoms with Gasteiger partial charge < -0.3 is 4.72 Å². The van der Waals surface area contributed by atoms with Gasteiger partial charge in [-0.25, -0.2) is 4.31 Å². The molecule has 1 heterocycles.